The molecule has 2 N–H and O–H groups in total. The van der Waals surface area contributed by atoms with Crippen LogP contribution in [0.15, 0.2) is 0 Å². The second-order valence-electron chi connectivity index (χ2n) is 4.00. The molecule has 2 unspecified atom stereocenters. The molecule has 0 aromatic rings. The van der Waals surface area contributed by atoms with Gasteiger partial charge in [-0.3, -0.25) is 0 Å². The van der Waals surface area contributed by atoms with Crippen LogP contribution in [0.25, 0.3) is 0 Å². The van der Waals surface area contributed by atoms with Gasteiger partial charge in [0, 0.05) is 12.1 Å². The van der Waals surface area contributed by atoms with Crippen LogP contribution >= 0.6 is 0 Å². The minimum atomic E-state index is -3.07. The molecule has 0 aliphatic carbocycles. The first kappa shape index (κ1) is 13.1. The van der Waals surface area contributed by atoms with E-state index in [0.29, 0.717) is 32.8 Å². The first-order valence-electron chi connectivity index (χ1n) is 5.30. The fraction of sp³-hybridized carbons (Fsp3) is 1.00. The van der Waals surface area contributed by atoms with Crippen molar-refractivity contribution in [3.63, 3.8) is 0 Å². The SMILES string of the molecule is CC(C)[Si]1(O)OCCOCC(O)CCO1. The van der Waals surface area contributed by atoms with E-state index in [1.807, 2.05) is 13.8 Å². The zero-order valence-corrected chi connectivity index (χ0v) is 10.3. The maximum absolute atomic E-state index is 10.1. The van der Waals surface area contributed by atoms with Gasteiger partial charge in [0.05, 0.1) is 25.9 Å². The Hall–Kier alpha value is 0.0169. The van der Waals surface area contributed by atoms with Crippen molar-refractivity contribution >= 4 is 8.80 Å². The lowest BCUT2D eigenvalue weighted by Crippen LogP contribution is -2.47. The van der Waals surface area contributed by atoms with Gasteiger partial charge in [0.1, 0.15) is 0 Å². The Balaban J connectivity index is 2.50. The molecular formula is C9H20O5Si. The lowest BCUT2D eigenvalue weighted by atomic mass is 10.3. The Kier molecular flexibility index (Phi) is 5.17. The zero-order valence-electron chi connectivity index (χ0n) is 9.31. The van der Waals surface area contributed by atoms with Crippen molar-refractivity contribution in [1.29, 1.82) is 0 Å². The highest BCUT2D eigenvalue weighted by Crippen LogP contribution is 2.21. The summed E-state index contributed by atoms with van der Waals surface area (Å²) >= 11 is 0. The van der Waals surface area contributed by atoms with E-state index < -0.39 is 14.9 Å². The third-order valence-electron chi connectivity index (χ3n) is 2.34. The van der Waals surface area contributed by atoms with E-state index in [1.54, 1.807) is 0 Å². The van der Waals surface area contributed by atoms with Gasteiger partial charge in [-0.05, 0) is 6.42 Å². The first-order valence-corrected chi connectivity index (χ1v) is 7.15. The topological polar surface area (TPSA) is 68.2 Å². The molecule has 0 amide bonds. The van der Waals surface area contributed by atoms with Crippen LogP contribution in [0.1, 0.15) is 20.3 Å². The van der Waals surface area contributed by atoms with Crippen molar-refractivity contribution in [1.82, 2.24) is 0 Å². The van der Waals surface area contributed by atoms with E-state index in [-0.39, 0.29) is 5.54 Å². The molecule has 15 heavy (non-hydrogen) atoms. The number of ether oxygens (including phenoxy) is 1. The number of hydrogen-bond donors (Lipinski definition) is 2. The van der Waals surface area contributed by atoms with E-state index in [9.17, 15) is 9.90 Å². The third kappa shape index (κ3) is 4.18. The predicted octanol–water partition coefficient (Wildman–Crippen LogP) is 0.142. The summed E-state index contributed by atoms with van der Waals surface area (Å²) in [5.41, 5.74) is -0.0333. The number of aliphatic hydroxyl groups is 1. The van der Waals surface area contributed by atoms with Crippen LogP contribution in [0, 0.1) is 0 Å². The molecule has 0 bridgehead atoms. The van der Waals surface area contributed by atoms with Gasteiger partial charge in [-0.15, -0.1) is 0 Å². The standard InChI is InChI=1S/C9H20O5Si/c1-8(2)15(11)13-4-3-9(10)7-12-5-6-14-15/h8-11H,3-7H2,1-2H3. The zero-order chi connectivity index (χ0) is 11.3. The molecule has 1 fully saturated rings. The van der Waals surface area contributed by atoms with E-state index in [2.05, 4.69) is 0 Å². The van der Waals surface area contributed by atoms with Crippen molar-refractivity contribution in [2.75, 3.05) is 26.4 Å². The van der Waals surface area contributed by atoms with E-state index in [4.69, 9.17) is 13.6 Å². The fourth-order valence-electron chi connectivity index (χ4n) is 1.27. The van der Waals surface area contributed by atoms with Gasteiger partial charge < -0.3 is 23.5 Å². The maximum Gasteiger partial charge on any atom is 0.501 e. The number of rotatable bonds is 1. The van der Waals surface area contributed by atoms with Crippen LogP contribution in [0.3, 0.4) is 0 Å². The minimum Gasteiger partial charge on any atom is -0.391 e. The molecule has 0 radical (unpaired) electrons. The van der Waals surface area contributed by atoms with Gasteiger partial charge >= 0.3 is 8.80 Å². The molecule has 0 aromatic heterocycles. The number of aliphatic hydroxyl groups excluding tert-OH is 1. The van der Waals surface area contributed by atoms with Crippen molar-refractivity contribution in [2.45, 2.75) is 31.9 Å². The normalized spacial score (nSPS) is 35.4. The third-order valence-corrected chi connectivity index (χ3v) is 5.03. The summed E-state index contributed by atoms with van der Waals surface area (Å²) in [6.07, 6.45) is -0.0562. The molecule has 1 aliphatic heterocycles. The summed E-state index contributed by atoms with van der Waals surface area (Å²) in [4.78, 5) is 10.1. The highest BCUT2D eigenvalue weighted by Gasteiger charge is 2.41. The number of hydrogen-bond acceptors (Lipinski definition) is 5. The molecule has 1 rings (SSSR count). The van der Waals surface area contributed by atoms with E-state index in [1.165, 1.54) is 0 Å². The molecule has 1 saturated heterocycles. The largest absolute Gasteiger partial charge is 0.501 e. The summed E-state index contributed by atoms with van der Waals surface area (Å²) in [5, 5.41) is 9.43. The predicted molar refractivity (Wildman–Crippen MR) is 56.4 cm³/mol. The average Bonchev–Trinajstić information content (AvgIpc) is 2.17. The molecule has 6 heteroatoms. The Bertz CT molecular complexity index is 189. The monoisotopic (exact) mass is 236 g/mol. The molecule has 2 atom stereocenters. The first-order chi connectivity index (χ1) is 7.04. The van der Waals surface area contributed by atoms with Crippen LogP contribution in [0.4, 0.5) is 0 Å². The van der Waals surface area contributed by atoms with Gasteiger partial charge in [-0.1, -0.05) is 13.8 Å². The second kappa shape index (κ2) is 5.93. The summed E-state index contributed by atoms with van der Waals surface area (Å²) in [6.45, 7) is 5.04. The Morgan fingerprint density at radius 3 is 2.53 bits per heavy atom. The Morgan fingerprint density at radius 2 is 1.87 bits per heavy atom. The smallest absolute Gasteiger partial charge is 0.391 e. The molecule has 5 nitrogen and oxygen atoms in total. The summed E-state index contributed by atoms with van der Waals surface area (Å²) in [7, 11) is -3.07. The quantitative estimate of drug-likeness (QED) is 0.634. The lowest BCUT2D eigenvalue weighted by molar-refractivity contribution is -0.0180. The van der Waals surface area contributed by atoms with Crippen LogP contribution in [0.2, 0.25) is 5.54 Å². The molecule has 0 spiro atoms. The molecule has 90 valence electrons. The highest BCUT2D eigenvalue weighted by molar-refractivity contribution is 6.60. The van der Waals surface area contributed by atoms with E-state index in [0.717, 1.165) is 0 Å². The van der Waals surface area contributed by atoms with Gasteiger partial charge in [0.2, 0.25) is 0 Å². The van der Waals surface area contributed by atoms with E-state index >= 15 is 0 Å². The van der Waals surface area contributed by atoms with Gasteiger partial charge in [-0.2, -0.15) is 0 Å². The van der Waals surface area contributed by atoms with Gasteiger partial charge in [-0.25, -0.2) is 0 Å². The Labute approximate surface area is 91.3 Å². The van der Waals surface area contributed by atoms with Crippen molar-refractivity contribution < 1.29 is 23.5 Å². The van der Waals surface area contributed by atoms with Crippen LogP contribution in [-0.2, 0) is 13.6 Å². The second-order valence-corrected chi connectivity index (χ2v) is 6.99. The molecular weight excluding hydrogens is 216 g/mol. The Morgan fingerprint density at radius 1 is 1.20 bits per heavy atom. The molecule has 1 aliphatic rings. The molecule has 0 aromatic carbocycles. The van der Waals surface area contributed by atoms with Crippen LogP contribution in [0.5, 0.6) is 0 Å². The average molecular weight is 236 g/mol. The minimum absolute atomic E-state index is 0.0333. The molecule has 1 heterocycles. The summed E-state index contributed by atoms with van der Waals surface area (Å²) in [5.74, 6) is 0. The molecule has 0 saturated carbocycles. The maximum atomic E-state index is 10.1. The summed E-state index contributed by atoms with van der Waals surface area (Å²) < 4.78 is 15.9. The van der Waals surface area contributed by atoms with Crippen LogP contribution in [-0.4, -0.2) is 51.2 Å². The summed E-state index contributed by atoms with van der Waals surface area (Å²) in [6, 6.07) is 0. The fourth-order valence-corrected chi connectivity index (χ4v) is 2.80. The van der Waals surface area contributed by atoms with Gasteiger partial charge in [0.15, 0.2) is 0 Å². The van der Waals surface area contributed by atoms with Crippen molar-refractivity contribution in [3.8, 4) is 0 Å². The van der Waals surface area contributed by atoms with Crippen molar-refractivity contribution in [3.05, 3.63) is 0 Å². The highest BCUT2D eigenvalue weighted by atomic mass is 28.4. The van der Waals surface area contributed by atoms with Crippen LogP contribution < -0.4 is 0 Å². The van der Waals surface area contributed by atoms with Gasteiger partial charge in [0.25, 0.3) is 0 Å². The van der Waals surface area contributed by atoms with Crippen molar-refractivity contribution in [2.24, 2.45) is 0 Å². The lowest BCUT2D eigenvalue weighted by Gasteiger charge is -2.29.